The highest BCUT2D eigenvalue weighted by atomic mass is 14.9. The summed E-state index contributed by atoms with van der Waals surface area (Å²) < 4.78 is 0. The second-order valence-electron chi connectivity index (χ2n) is 7.12. The van der Waals surface area contributed by atoms with Crippen molar-refractivity contribution < 1.29 is 0 Å². The summed E-state index contributed by atoms with van der Waals surface area (Å²) in [6.45, 7) is 4.51. The monoisotopic (exact) mass is 271 g/mol. The van der Waals surface area contributed by atoms with E-state index in [0.29, 0.717) is 6.04 Å². The molecule has 0 aromatic heterocycles. The first-order valence-corrected chi connectivity index (χ1v) is 8.55. The fraction of sp³-hybridized carbons (Fsp3) is 0.684. The standard InChI is InChI=1S/C19H29N/c1-14-6-5-9-17(12-14)15(2)20-19-11-10-16-7-3-4-8-18(16)13-19/h5-6,9,12,15-16,18-20H,3-4,7-8,10-11,13H2,1-2H3/t15-,16?,18?,19?/m0/s1. The third kappa shape index (κ3) is 3.25. The van der Waals surface area contributed by atoms with Crippen molar-refractivity contribution in [2.45, 2.75) is 70.9 Å². The van der Waals surface area contributed by atoms with Crippen molar-refractivity contribution in [3.8, 4) is 0 Å². The highest BCUT2D eigenvalue weighted by Gasteiger charge is 2.32. The maximum atomic E-state index is 3.90. The van der Waals surface area contributed by atoms with E-state index in [1.165, 1.54) is 56.1 Å². The first kappa shape index (κ1) is 14.1. The van der Waals surface area contributed by atoms with Gasteiger partial charge in [0.2, 0.25) is 0 Å². The average Bonchev–Trinajstić information content (AvgIpc) is 2.47. The van der Waals surface area contributed by atoms with E-state index in [-0.39, 0.29) is 0 Å². The third-order valence-corrected chi connectivity index (χ3v) is 5.57. The van der Waals surface area contributed by atoms with Crippen LogP contribution in [0.2, 0.25) is 0 Å². The quantitative estimate of drug-likeness (QED) is 0.815. The van der Waals surface area contributed by atoms with Gasteiger partial charge in [0.1, 0.15) is 0 Å². The van der Waals surface area contributed by atoms with Crippen LogP contribution in [-0.4, -0.2) is 6.04 Å². The van der Waals surface area contributed by atoms with Crippen molar-refractivity contribution in [2.24, 2.45) is 11.8 Å². The van der Waals surface area contributed by atoms with E-state index < -0.39 is 0 Å². The summed E-state index contributed by atoms with van der Waals surface area (Å²) in [7, 11) is 0. The Labute approximate surface area is 124 Å². The first-order chi connectivity index (χ1) is 9.72. The molecule has 0 bridgehead atoms. The lowest BCUT2D eigenvalue weighted by Crippen LogP contribution is -2.39. The minimum atomic E-state index is 0.486. The predicted molar refractivity (Wildman–Crippen MR) is 85.8 cm³/mol. The summed E-state index contributed by atoms with van der Waals surface area (Å²) >= 11 is 0. The molecule has 2 saturated carbocycles. The van der Waals surface area contributed by atoms with Crippen LogP contribution < -0.4 is 5.32 Å². The smallest absolute Gasteiger partial charge is 0.0294 e. The summed E-state index contributed by atoms with van der Waals surface area (Å²) in [6, 6.07) is 10.2. The zero-order chi connectivity index (χ0) is 13.9. The molecule has 2 aliphatic rings. The maximum absolute atomic E-state index is 3.90. The van der Waals surface area contributed by atoms with Gasteiger partial charge in [-0.2, -0.15) is 0 Å². The fourth-order valence-electron chi connectivity index (χ4n) is 4.41. The topological polar surface area (TPSA) is 12.0 Å². The van der Waals surface area contributed by atoms with Gasteiger partial charge in [-0.25, -0.2) is 0 Å². The summed E-state index contributed by atoms with van der Waals surface area (Å²) in [4.78, 5) is 0. The molecular weight excluding hydrogens is 242 g/mol. The van der Waals surface area contributed by atoms with Gasteiger partial charge in [-0.05, 0) is 50.5 Å². The van der Waals surface area contributed by atoms with Crippen molar-refractivity contribution in [3.05, 3.63) is 35.4 Å². The Morgan fingerprint density at radius 1 is 1.05 bits per heavy atom. The van der Waals surface area contributed by atoms with E-state index in [1.807, 2.05) is 0 Å². The zero-order valence-electron chi connectivity index (χ0n) is 13.1. The molecule has 1 N–H and O–H groups in total. The molecule has 1 heteroatoms. The fourth-order valence-corrected chi connectivity index (χ4v) is 4.41. The van der Waals surface area contributed by atoms with Crippen LogP contribution in [0, 0.1) is 18.8 Å². The van der Waals surface area contributed by atoms with Gasteiger partial charge in [0.05, 0.1) is 0 Å². The van der Waals surface area contributed by atoms with E-state index in [4.69, 9.17) is 0 Å². The van der Waals surface area contributed by atoms with Crippen molar-refractivity contribution in [1.82, 2.24) is 5.32 Å². The van der Waals surface area contributed by atoms with E-state index in [0.717, 1.165) is 17.9 Å². The molecule has 0 spiro atoms. The molecule has 1 aromatic carbocycles. The zero-order valence-corrected chi connectivity index (χ0v) is 13.1. The number of fused-ring (bicyclic) bond motifs is 1. The van der Waals surface area contributed by atoms with E-state index in [2.05, 4.69) is 43.4 Å². The van der Waals surface area contributed by atoms with Crippen LogP contribution in [0.5, 0.6) is 0 Å². The molecule has 1 aromatic rings. The Morgan fingerprint density at radius 3 is 2.65 bits per heavy atom. The van der Waals surface area contributed by atoms with Gasteiger partial charge in [0, 0.05) is 12.1 Å². The minimum Gasteiger partial charge on any atom is -0.307 e. The number of nitrogens with one attached hydrogen (secondary N) is 1. The van der Waals surface area contributed by atoms with Crippen LogP contribution in [0.15, 0.2) is 24.3 Å². The molecule has 2 aliphatic carbocycles. The number of hydrogen-bond acceptors (Lipinski definition) is 1. The SMILES string of the molecule is Cc1cccc([C@H](C)NC2CCC3CCCCC3C2)c1. The Bertz CT molecular complexity index is 439. The number of hydrogen-bond donors (Lipinski definition) is 1. The predicted octanol–water partition coefficient (Wildman–Crippen LogP) is 5.00. The lowest BCUT2D eigenvalue weighted by atomic mass is 9.69. The number of aryl methyl sites for hydroxylation is 1. The lowest BCUT2D eigenvalue weighted by molar-refractivity contribution is 0.139. The molecule has 2 fully saturated rings. The Balaban J connectivity index is 1.58. The number of rotatable bonds is 3. The van der Waals surface area contributed by atoms with Crippen LogP contribution >= 0.6 is 0 Å². The Hall–Kier alpha value is -0.820. The highest BCUT2D eigenvalue weighted by Crippen LogP contribution is 2.40. The maximum Gasteiger partial charge on any atom is 0.0294 e. The summed E-state index contributed by atoms with van der Waals surface area (Å²) in [5.41, 5.74) is 2.81. The molecule has 110 valence electrons. The normalized spacial score (nSPS) is 31.6. The van der Waals surface area contributed by atoms with Crippen LogP contribution in [0.1, 0.15) is 69.0 Å². The van der Waals surface area contributed by atoms with Crippen LogP contribution in [-0.2, 0) is 0 Å². The molecule has 0 saturated heterocycles. The molecule has 4 atom stereocenters. The summed E-state index contributed by atoms with van der Waals surface area (Å²) in [5, 5.41) is 3.90. The third-order valence-electron chi connectivity index (χ3n) is 5.57. The van der Waals surface area contributed by atoms with Crippen LogP contribution in [0.25, 0.3) is 0 Å². The first-order valence-electron chi connectivity index (χ1n) is 8.55. The van der Waals surface area contributed by atoms with E-state index >= 15 is 0 Å². The molecular formula is C19H29N. The van der Waals surface area contributed by atoms with Crippen molar-refractivity contribution in [3.63, 3.8) is 0 Å². The van der Waals surface area contributed by atoms with Crippen molar-refractivity contribution >= 4 is 0 Å². The van der Waals surface area contributed by atoms with Gasteiger partial charge in [0.15, 0.2) is 0 Å². The molecule has 20 heavy (non-hydrogen) atoms. The molecule has 3 unspecified atom stereocenters. The molecule has 0 aliphatic heterocycles. The summed E-state index contributed by atoms with van der Waals surface area (Å²) in [6.07, 6.45) is 10.2. The number of benzene rings is 1. The molecule has 1 nitrogen and oxygen atoms in total. The molecule has 0 heterocycles. The van der Waals surface area contributed by atoms with Gasteiger partial charge in [0.25, 0.3) is 0 Å². The second kappa shape index (κ2) is 6.30. The van der Waals surface area contributed by atoms with Gasteiger partial charge in [-0.1, -0.05) is 55.5 Å². The lowest BCUT2D eigenvalue weighted by Gasteiger charge is -2.40. The Kier molecular flexibility index (Phi) is 4.45. The minimum absolute atomic E-state index is 0.486. The largest absolute Gasteiger partial charge is 0.307 e. The molecule has 0 radical (unpaired) electrons. The van der Waals surface area contributed by atoms with Gasteiger partial charge >= 0.3 is 0 Å². The van der Waals surface area contributed by atoms with Crippen molar-refractivity contribution in [1.29, 1.82) is 0 Å². The van der Waals surface area contributed by atoms with Crippen molar-refractivity contribution in [2.75, 3.05) is 0 Å². The summed E-state index contributed by atoms with van der Waals surface area (Å²) in [5.74, 6) is 2.07. The van der Waals surface area contributed by atoms with Crippen LogP contribution in [0.3, 0.4) is 0 Å². The van der Waals surface area contributed by atoms with E-state index in [9.17, 15) is 0 Å². The van der Waals surface area contributed by atoms with Gasteiger partial charge in [-0.3, -0.25) is 0 Å². The second-order valence-corrected chi connectivity index (χ2v) is 7.12. The Morgan fingerprint density at radius 2 is 1.85 bits per heavy atom. The molecule has 0 amide bonds. The molecule has 3 rings (SSSR count). The van der Waals surface area contributed by atoms with Gasteiger partial charge in [-0.15, -0.1) is 0 Å². The van der Waals surface area contributed by atoms with Gasteiger partial charge < -0.3 is 5.32 Å². The highest BCUT2D eigenvalue weighted by molar-refractivity contribution is 5.24. The average molecular weight is 271 g/mol. The van der Waals surface area contributed by atoms with Crippen LogP contribution in [0.4, 0.5) is 0 Å². The van der Waals surface area contributed by atoms with E-state index in [1.54, 1.807) is 0 Å².